The lowest BCUT2D eigenvalue weighted by molar-refractivity contribution is 0.240. The zero-order valence-electron chi connectivity index (χ0n) is 13.0. The van der Waals surface area contributed by atoms with Crippen molar-refractivity contribution in [1.29, 1.82) is 0 Å². The van der Waals surface area contributed by atoms with Crippen molar-refractivity contribution in [3.05, 3.63) is 23.8 Å². The van der Waals surface area contributed by atoms with Crippen molar-refractivity contribution in [3.63, 3.8) is 0 Å². The molecule has 0 aromatic heterocycles. The fraction of sp³-hybridized carbons (Fsp3) is 0.600. The SMILES string of the molecule is Cc1cc(S(=O)(=O)N2CCC(N)C2C)ccc1OC(C)C. The maximum Gasteiger partial charge on any atom is 0.243 e. The van der Waals surface area contributed by atoms with Crippen molar-refractivity contribution in [2.24, 2.45) is 5.73 Å². The van der Waals surface area contributed by atoms with E-state index in [1.807, 2.05) is 27.7 Å². The summed E-state index contributed by atoms with van der Waals surface area (Å²) in [5.74, 6) is 0.718. The van der Waals surface area contributed by atoms with Gasteiger partial charge in [0.1, 0.15) is 5.75 Å². The Kier molecular flexibility index (Phi) is 4.60. The quantitative estimate of drug-likeness (QED) is 0.921. The minimum absolute atomic E-state index is 0.0581. The van der Waals surface area contributed by atoms with Crippen molar-refractivity contribution < 1.29 is 13.2 Å². The van der Waals surface area contributed by atoms with Crippen molar-refractivity contribution in [2.75, 3.05) is 6.54 Å². The highest BCUT2D eigenvalue weighted by Crippen LogP contribution is 2.28. The van der Waals surface area contributed by atoms with E-state index in [2.05, 4.69) is 0 Å². The molecule has 1 fully saturated rings. The van der Waals surface area contributed by atoms with E-state index in [1.54, 1.807) is 18.2 Å². The van der Waals surface area contributed by atoms with Gasteiger partial charge >= 0.3 is 0 Å². The second-order valence-electron chi connectivity index (χ2n) is 5.90. The molecule has 6 heteroatoms. The molecule has 1 aliphatic rings. The summed E-state index contributed by atoms with van der Waals surface area (Å²) in [6, 6.07) is 4.75. The average Bonchev–Trinajstić information content (AvgIpc) is 2.72. The lowest BCUT2D eigenvalue weighted by atomic mass is 10.2. The smallest absolute Gasteiger partial charge is 0.243 e. The van der Waals surface area contributed by atoms with Crippen molar-refractivity contribution >= 4 is 10.0 Å². The number of hydrogen-bond donors (Lipinski definition) is 1. The van der Waals surface area contributed by atoms with Gasteiger partial charge in [0.15, 0.2) is 0 Å². The normalized spacial score (nSPS) is 23.7. The predicted molar refractivity (Wildman–Crippen MR) is 82.9 cm³/mol. The summed E-state index contributed by atoms with van der Waals surface area (Å²) in [4.78, 5) is 0.303. The summed E-state index contributed by atoms with van der Waals surface area (Å²) in [5, 5.41) is 0. The zero-order chi connectivity index (χ0) is 15.8. The van der Waals surface area contributed by atoms with Crippen LogP contribution in [0.15, 0.2) is 23.1 Å². The van der Waals surface area contributed by atoms with Gasteiger partial charge in [0.25, 0.3) is 0 Å². The summed E-state index contributed by atoms with van der Waals surface area (Å²) in [5.41, 5.74) is 6.75. The van der Waals surface area contributed by atoms with E-state index in [1.165, 1.54) is 4.31 Å². The summed E-state index contributed by atoms with van der Waals surface area (Å²) in [6.45, 7) is 8.08. The molecule has 0 spiro atoms. The number of benzene rings is 1. The van der Waals surface area contributed by atoms with Crippen molar-refractivity contribution in [3.8, 4) is 5.75 Å². The van der Waals surface area contributed by atoms with Gasteiger partial charge in [-0.1, -0.05) is 0 Å². The van der Waals surface area contributed by atoms with E-state index >= 15 is 0 Å². The van der Waals surface area contributed by atoms with Crippen LogP contribution in [-0.4, -0.2) is 37.5 Å². The van der Waals surface area contributed by atoms with Gasteiger partial charge in [0.2, 0.25) is 10.0 Å². The Hall–Kier alpha value is -1.11. The van der Waals surface area contributed by atoms with Crippen LogP contribution in [0, 0.1) is 6.92 Å². The number of aryl methyl sites for hydroxylation is 1. The van der Waals surface area contributed by atoms with Crippen LogP contribution in [0.1, 0.15) is 32.8 Å². The molecule has 0 bridgehead atoms. The van der Waals surface area contributed by atoms with Crippen molar-refractivity contribution in [1.82, 2.24) is 4.31 Å². The first kappa shape index (κ1) is 16.3. The lowest BCUT2D eigenvalue weighted by Gasteiger charge is -2.23. The Morgan fingerprint density at radius 3 is 2.52 bits per heavy atom. The number of nitrogens with two attached hydrogens (primary N) is 1. The number of rotatable bonds is 4. The fourth-order valence-electron chi connectivity index (χ4n) is 2.58. The molecule has 1 aromatic rings. The molecule has 1 saturated heterocycles. The highest BCUT2D eigenvalue weighted by Gasteiger charge is 2.37. The van der Waals surface area contributed by atoms with E-state index in [0.717, 1.165) is 11.3 Å². The number of nitrogens with zero attached hydrogens (tertiary/aromatic N) is 1. The first-order valence-electron chi connectivity index (χ1n) is 7.28. The summed E-state index contributed by atoms with van der Waals surface area (Å²) < 4.78 is 32.6. The monoisotopic (exact) mass is 312 g/mol. The average molecular weight is 312 g/mol. The third-order valence-corrected chi connectivity index (χ3v) is 5.85. The van der Waals surface area contributed by atoms with Gasteiger partial charge in [0, 0.05) is 18.6 Å². The largest absolute Gasteiger partial charge is 0.491 e. The van der Waals surface area contributed by atoms with Crippen LogP contribution in [0.25, 0.3) is 0 Å². The summed E-state index contributed by atoms with van der Waals surface area (Å²) in [6.07, 6.45) is 0.760. The Balaban J connectivity index is 2.31. The van der Waals surface area contributed by atoms with E-state index in [4.69, 9.17) is 10.5 Å². The van der Waals surface area contributed by atoms with Crippen LogP contribution in [0.3, 0.4) is 0 Å². The summed E-state index contributed by atoms with van der Waals surface area (Å²) in [7, 11) is -3.49. The molecule has 1 heterocycles. The Morgan fingerprint density at radius 2 is 2.05 bits per heavy atom. The molecule has 1 aromatic carbocycles. The van der Waals surface area contributed by atoms with Gasteiger partial charge in [-0.25, -0.2) is 8.42 Å². The maximum absolute atomic E-state index is 12.7. The number of sulfonamides is 1. The van der Waals surface area contributed by atoms with Crippen LogP contribution in [0.5, 0.6) is 5.75 Å². The van der Waals surface area contributed by atoms with Crippen LogP contribution < -0.4 is 10.5 Å². The second kappa shape index (κ2) is 5.94. The Bertz CT molecular complexity index is 613. The standard InChI is InChI=1S/C15H24N2O3S/c1-10(2)20-15-6-5-13(9-11(15)3)21(18,19)17-8-7-14(16)12(17)4/h5-6,9-10,12,14H,7-8,16H2,1-4H3. The predicted octanol–water partition coefficient (Wildman–Crippen LogP) is 1.89. The highest BCUT2D eigenvalue weighted by atomic mass is 32.2. The molecule has 21 heavy (non-hydrogen) atoms. The molecule has 0 amide bonds. The lowest BCUT2D eigenvalue weighted by Crippen LogP contribution is -2.40. The summed E-state index contributed by atoms with van der Waals surface area (Å²) >= 11 is 0. The number of hydrogen-bond acceptors (Lipinski definition) is 4. The third-order valence-electron chi connectivity index (χ3n) is 3.87. The molecule has 2 N–H and O–H groups in total. The third kappa shape index (κ3) is 3.22. The molecule has 1 aliphatic heterocycles. The van der Waals surface area contributed by atoms with E-state index in [9.17, 15) is 8.42 Å². The van der Waals surface area contributed by atoms with Gasteiger partial charge in [-0.2, -0.15) is 4.31 Å². The van der Waals surface area contributed by atoms with Gasteiger partial charge in [0.05, 0.1) is 11.0 Å². The first-order valence-corrected chi connectivity index (χ1v) is 8.72. The molecule has 0 aliphatic carbocycles. The Morgan fingerprint density at radius 1 is 1.38 bits per heavy atom. The minimum Gasteiger partial charge on any atom is -0.491 e. The number of ether oxygens (including phenoxy) is 1. The molecule has 0 radical (unpaired) electrons. The molecule has 2 unspecified atom stereocenters. The van der Waals surface area contributed by atoms with Crippen LogP contribution in [-0.2, 0) is 10.0 Å². The van der Waals surface area contributed by atoms with Crippen molar-refractivity contribution in [2.45, 2.75) is 57.2 Å². The van der Waals surface area contributed by atoms with Gasteiger partial charge in [-0.05, 0) is 57.9 Å². The van der Waals surface area contributed by atoms with E-state index in [-0.39, 0.29) is 18.2 Å². The maximum atomic E-state index is 12.7. The molecular weight excluding hydrogens is 288 g/mol. The zero-order valence-corrected chi connectivity index (χ0v) is 13.9. The van der Waals surface area contributed by atoms with Crippen LogP contribution in [0.4, 0.5) is 0 Å². The van der Waals surface area contributed by atoms with Crippen LogP contribution in [0.2, 0.25) is 0 Å². The molecular formula is C15H24N2O3S. The molecule has 2 atom stereocenters. The van der Waals surface area contributed by atoms with Gasteiger partial charge < -0.3 is 10.5 Å². The van der Waals surface area contributed by atoms with Gasteiger partial charge in [-0.15, -0.1) is 0 Å². The fourth-order valence-corrected chi connectivity index (χ4v) is 4.35. The Labute approximate surface area is 127 Å². The van der Waals surface area contributed by atoms with Gasteiger partial charge in [-0.3, -0.25) is 0 Å². The molecule has 2 rings (SSSR count). The van der Waals surface area contributed by atoms with E-state index < -0.39 is 10.0 Å². The van der Waals surface area contributed by atoms with E-state index in [0.29, 0.717) is 17.9 Å². The molecule has 0 saturated carbocycles. The second-order valence-corrected chi connectivity index (χ2v) is 7.79. The first-order chi connectivity index (χ1) is 9.73. The van der Waals surface area contributed by atoms with Crippen LogP contribution >= 0.6 is 0 Å². The minimum atomic E-state index is -3.49. The molecule has 5 nitrogen and oxygen atoms in total. The highest BCUT2D eigenvalue weighted by molar-refractivity contribution is 7.89. The molecule has 118 valence electrons. The topological polar surface area (TPSA) is 72.6 Å².